The fourth-order valence-electron chi connectivity index (χ4n) is 2.05. The molecule has 2 heterocycles. The van der Waals surface area contributed by atoms with Gasteiger partial charge in [-0.1, -0.05) is 6.07 Å². The predicted octanol–water partition coefficient (Wildman–Crippen LogP) is 4.53. The van der Waals surface area contributed by atoms with Crippen LogP contribution in [-0.2, 0) is 6.18 Å². The molecule has 0 spiro atoms. The number of benzene rings is 1. The summed E-state index contributed by atoms with van der Waals surface area (Å²) in [5.41, 5.74) is -1.15. The van der Waals surface area contributed by atoms with E-state index in [4.69, 9.17) is 0 Å². The van der Waals surface area contributed by atoms with E-state index in [2.05, 4.69) is 5.10 Å². The van der Waals surface area contributed by atoms with Gasteiger partial charge in [0.1, 0.15) is 11.4 Å². The third-order valence-corrected chi connectivity index (χ3v) is 4.00. The molecule has 0 atom stereocenters. The first-order valence-electron chi connectivity index (χ1n) is 6.32. The van der Waals surface area contributed by atoms with Gasteiger partial charge in [0, 0.05) is 12.3 Å². The summed E-state index contributed by atoms with van der Waals surface area (Å²) in [6.45, 7) is 0. The van der Waals surface area contributed by atoms with Gasteiger partial charge in [0.05, 0.1) is 15.4 Å². The molecule has 1 aromatic carbocycles. The molecular formula is C14H8F3N3O2S. The molecule has 5 nitrogen and oxygen atoms in total. The number of nitro groups is 1. The Bertz CT molecular complexity index is 857. The number of nitrogens with zero attached hydrogens (tertiary/aromatic N) is 3. The predicted molar refractivity (Wildman–Crippen MR) is 78.5 cm³/mol. The molecule has 0 saturated heterocycles. The Balaban J connectivity index is 2.08. The van der Waals surface area contributed by atoms with E-state index < -0.39 is 22.4 Å². The van der Waals surface area contributed by atoms with Gasteiger partial charge in [0.2, 0.25) is 0 Å². The van der Waals surface area contributed by atoms with Crippen LogP contribution in [0.15, 0.2) is 48.0 Å². The Labute approximate surface area is 131 Å². The number of hydrogen-bond acceptors (Lipinski definition) is 4. The van der Waals surface area contributed by atoms with E-state index in [0.717, 1.165) is 17.0 Å². The van der Waals surface area contributed by atoms with Crippen molar-refractivity contribution in [2.24, 2.45) is 0 Å². The highest BCUT2D eigenvalue weighted by atomic mass is 32.1. The Morgan fingerprint density at radius 3 is 2.61 bits per heavy atom. The SMILES string of the molecule is O=[N+]([O-])c1cc(C(F)(F)F)ccc1-n1ccc(-c2cccs2)n1. The Morgan fingerprint density at radius 2 is 2.00 bits per heavy atom. The van der Waals surface area contributed by atoms with E-state index in [1.165, 1.54) is 22.2 Å². The molecule has 0 saturated carbocycles. The monoisotopic (exact) mass is 339 g/mol. The van der Waals surface area contributed by atoms with E-state index in [-0.39, 0.29) is 5.69 Å². The van der Waals surface area contributed by atoms with Crippen molar-refractivity contribution in [2.75, 3.05) is 0 Å². The molecule has 118 valence electrons. The second-order valence-corrected chi connectivity index (χ2v) is 5.53. The first-order chi connectivity index (χ1) is 10.9. The first kappa shape index (κ1) is 15.2. The summed E-state index contributed by atoms with van der Waals surface area (Å²) in [5, 5.41) is 17.2. The van der Waals surface area contributed by atoms with Gasteiger partial charge >= 0.3 is 6.18 Å². The third-order valence-electron chi connectivity index (χ3n) is 3.11. The molecule has 0 fully saturated rings. The van der Waals surface area contributed by atoms with Gasteiger partial charge in [-0.05, 0) is 29.6 Å². The number of rotatable bonds is 3. The zero-order valence-corrected chi connectivity index (χ0v) is 12.1. The van der Waals surface area contributed by atoms with E-state index in [1.54, 1.807) is 6.07 Å². The van der Waals surface area contributed by atoms with Crippen molar-refractivity contribution in [1.29, 1.82) is 0 Å². The number of aromatic nitrogens is 2. The Hall–Kier alpha value is -2.68. The highest BCUT2D eigenvalue weighted by Crippen LogP contribution is 2.34. The lowest BCUT2D eigenvalue weighted by Gasteiger charge is -2.08. The minimum atomic E-state index is -4.64. The van der Waals surface area contributed by atoms with Gasteiger partial charge in [-0.25, -0.2) is 4.68 Å². The molecule has 0 N–H and O–H groups in total. The van der Waals surface area contributed by atoms with E-state index in [0.29, 0.717) is 11.8 Å². The van der Waals surface area contributed by atoms with E-state index in [9.17, 15) is 23.3 Å². The second-order valence-electron chi connectivity index (χ2n) is 4.58. The van der Waals surface area contributed by atoms with Gasteiger partial charge in [-0.2, -0.15) is 18.3 Å². The van der Waals surface area contributed by atoms with Crippen molar-refractivity contribution < 1.29 is 18.1 Å². The average molecular weight is 339 g/mol. The van der Waals surface area contributed by atoms with E-state index in [1.807, 2.05) is 17.5 Å². The molecule has 0 radical (unpaired) electrons. The van der Waals surface area contributed by atoms with Gasteiger partial charge in [0.15, 0.2) is 0 Å². The number of alkyl halides is 3. The van der Waals surface area contributed by atoms with Crippen LogP contribution in [0.5, 0.6) is 0 Å². The number of thiophene rings is 1. The number of hydrogen-bond donors (Lipinski definition) is 0. The highest BCUT2D eigenvalue weighted by molar-refractivity contribution is 7.13. The normalized spacial score (nSPS) is 11.6. The summed E-state index contributed by atoms with van der Waals surface area (Å²) in [4.78, 5) is 11.1. The fraction of sp³-hybridized carbons (Fsp3) is 0.0714. The molecule has 0 aliphatic heterocycles. The van der Waals surface area contributed by atoms with Crippen molar-refractivity contribution >= 4 is 17.0 Å². The summed E-state index contributed by atoms with van der Waals surface area (Å²) in [7, 11) is 0. The van der Waals surface area contributed by atoms with Crippen LogP contribution in [0.4, 0.5) is 18.9 Å². The van der Waals surface area contributed by atoms with Crippen LogP contribution in [0.2, 0.25) is 0 Å². The maximum Gasteiger partial charge on any atom is 0.416 e. The molecule has 0 aliphatic carbocycles. The lowest BCUT2D eigenvalue weighted by Crippen LogP contribution is -2.08. The third kappa shape index (κ3) is 2.95. The molecule has 3 rings (SSSR count). The van der Waals surface area contributed by atoms with Crippen molar-refractivity contribution in [3.63, 3.8) is 0 Å². The smallest absolute Gasteiger partial charge is 0.258 e. The molecular weight excluding hydrogens is 331 g/mol. The average Bonchev–Trinajstić information content (AvgIpc) is 3.16. The summed E-state index contributed by atoms with van der Waals surface area (Å²) >= 11 is 1.44. The van der Waals surface area contributed by atoms with Crippen LogP contribution in [0.1, 0.15) is 5.56 Å². The van der Waals surface area contributed by atoms with Crippen molar-refractivity contribution in [3.8, 4) is 16.3 Å². The standard InChI is InChI=1S/C14H8F3N3O2S/c15-14(16,17)9-3-4-11(12(8-9)20(21)22)19-6-5-10(18-19)13-2-1-7-23-13/h1-8H. The quantitative estimate of drug-likeness (QED) is 0.520. The van der Waals surface area contributed by atoms with Crippen molar-refractivity contribution in [2.45, 2.75) is 6.18 Å². The number of nitro benzene ring substituents is 1. The van der Waals surface area contributed by atoms with Crippen LogP contribution < -0.4 is 0 Å². The lowest BCUT2D eigenvalue weighted by atomic mass is 10.1. The zero-order valence-electron chi connectivity index (χ0n) is 11.3. The van der Waals surface area contributed by atoms with Crippen molar-refractivity contribution in [1.82, 2.24) is 9.78 Å². The van der Waals surface area contributed by atoms with Crippen LogP contribution in [0, 0.1) is 10.1 Å². The van der Waals surface area contributed by atoms with Crippen LogP contribution >= 0.6 is 11.3 Å². The molecule has 0 aliphatic rings. The molecule has 3 aromatic rings. The van der Waals surface area contributed by atoms with Crippen molar-refractivity contribution in [3.05, 3.63) is 63.7 Å². The van der Waals surface area contributed by atoms with Crippen LogP contribution in [0.25, 0.3) is 16.3 Å². The molecule has 2 aromatic heterocycles. The highest BCUT2D eigenvalue weighted by Gasteiger charge is 2.33. The largest absolute Gasteiger partial charge is 0.416 e. The fourth-order valence-corrected chi connectivity index (χ4v) is 2.74. The lowest BCUT2D eigenvalue weighted by molar-refractivity contribution is -0.384. The minimum absolute atomic E-state index is 0.0224. The zero-order chi connectivity index (χ0) is 16.6. The van der Waals surface area contributed by atoms with Gasteiger partial charge in [0.25, 0.3) is 5.69 Å². The molecule has 0 bridgehead atoms. The summed E-state index contributed by atoms with van der Waals surface area (Å²) < 4.78 is 39.3. The summed E-state index contributed by atoms with van der Waals surface area (Å²) in [5.74, 6) is 0. The topological polar surface area (TPSA) is 61.0 Å². The summed E-state index contributed by atoms with van der Waals surface area (Å²) in [6.07, 6.45) is -3.17. The molecule has 0 unspecified atom stereocenters. The second kappa shape index (κ2) is 5.51. The summed E-state index contributed by atoms with van der Waals surface area (Å²) in [6, 6.07) is 7.67. The molecule has 0 amide bonds. The van der Waals surface area contributed by atoms with Crippen LogP contribution in [0.3, 0.4) is 0 Å². The maximum absolute atomic E-state index is 12.7. The molecule has 23 heavy (non-hydrogen) atoms. The Morgan fingerprint density at radius 1 is 1.22 bits per heavy atom. The number of halogens is 3. The van der Waals surface area contributed by atoms with Crippen LogP contribution in [-0.4, -0.2) is 14.7 Å². The van der Waals surface area contributed by atoms with Gasteiger partial charge < -0.3 is 0 Å². The Kier molecular flexibility index (Phi) is 3.64. The maximum atomic E-state index is 12.7. The van der Waals surface area contributed by atoms with E-state index >= 15 is 0 Å². The van der Waals surface area contributed by atoms with Gasteiger partial charge in [-0.15, -0.1) is 11.3 Å². The van der Waals surface area contributed by atoms with Gasteiger partial charge in [-0.3, -0.25) is 10.1 Å². The minimum Gasteiger partial charge on any atom is -0.258 e. The molecule has 9 heteroatoms. The first-order valence-corrected chi connectivity index (χ1v) is 7.20.